The van der Waals surface area contributed by atoms with Crippen molar-refractivity contribution in [2.24, 2.45) is 11.8 Å². The summed E-state index contributed by atoms with van der Waals surface area (Å²) < 4.78 is 0. The largest absolute Gasteiger partial charge is 0.356 e. The van der Waals surface area contributed by atoms with E-state index in [4.69, 9.17) is 0 Å². The molecule has 0 aromatic carbocycles. The first-order valence-electron chi connectivity index (χ1n) is 6.32. The van der Waals surface area contributed by atoms with Crippen LogP contribution in [0.4, 0.5) is 0 Å². The average molecular weight is 210 g/mol. The summed E-state index contributed by atoms with van der Waals surface area (Å²) in [4.78, 5) is 11.5. The quantitative estimate of drug-likeness (QED) is 0.734. The Balaban J connectivity index is 1.60. The van der Waals surface area contributed by atoms with Crippen molar-refractivity contribution in [2.75, 3.05) is 19.6 Å². The Bertz CT molecular complexity index is 206. The molecule has 2 rings (SSSR count). The Kier molecular flexibility index (Phi) is 4.01. The normalized spacial score (nSPS) is 27.1. The van der Waals surface area contributed by atoms with Gasteiger partial charge in [-0.15, -0.1) is 0 Å². The number of rotatable bonds is 4. The number of amides is 1. The van der Waals surface area contributed by atoms with E-state index in [1.165, 1.54) is 32.1 Å². The van der Waals surface area contributed by atoms with Crippen LogP contribution in [-0.4, -0.2) is 25.5 Å². The Hall–Kier alpha value is -0.570. The number of hydrogen-bond donors (Lipinski definition) is 2. The molecule has 0 spiro atoms. The van der Waals surface area contributed by atoms with E-state index in [-0.39, 0.29) is 5.91 Å². The Labute approximate surface area is 92.0 Å². The van der Waals surface area contributed by atoms with Crippen molar-refractivity contribution in [2.45, 2.75) is 38.5 Å². The summed E-state index contributed by atoms with van der Waals surface area (Å²) in [6, 6.07) is 0. The molecule has 2 N–H and O–H groups in total. The average Bonchev–Trinajstić information content (AvgIpc) is 3.01. The second-order valence-electron chi connectivity index (χ2n) is 5.02. The fraction of sp³-hybridized carbons (Fsp3) is 0.917. The van der Waals surface area contributed by atoms with E-state index in [0.717, 1.165) is 26.1 Å². The van der Waals surface area contributed by atoms with Crippen molar-refractivity contribution in [3.05, 3.63) is 0 Å². The van der Waals surface area contributed by atoms with E-state index < -0.39 is 0 Å². The highest BCUT2D eigenvalue weighted by Gasteiger charge is 2.24. The smallest absolute Gasteiger partial charge is 0.220 e. The van der Waals surface area contributed by atoms with Crippen LogP contribution in [0, 0.1) is 11.8 Å². The van der Waals surface area contributed by atoms with Crippen LogP contribution in [0.1, 0.15) is 38.5 Å². The maximum atomic E-state index is 11.5. The predicted octanol–water partition coefficient (Wildman–Crippen LogP) is 1.29. The van der Waals surface area contributed by atoms with Crippen LogP contribution in [0.3, 0.4) is 0 Å². The van der Waals surface area contributed by atoms with Crippen LogP contribution in [0.15, 0.2) is 0 Å². The zero-order valence-corrected chi connectivity index (χ0v) is 9.43. The van der Waals surface area contributed by atoms with Gasteiger partial charge in [0.25, 0.3) is 0 Å². The topological polar surface area (TPSA) is 41.1 Å². The molecule has 1 saturated heterocycles. The number of carbonyl (C=O) groups excluding carboxylic acids is 1. The Morgan fingerprint density at radius 3 is 2.87 bits per heavy atom. The molecule has 0 aromatic rings. The lowest BCUT2D eigenvalue weighted by atomic mass is 10.0. The minimum atomic E-state index is 0.266. The molecule has 2 fully saturated rings. The zero-order chi connectivity index (χ0) is 10.5. The molecule has 1 aliphatic carbocycles. The van der Waals surface area contributed by atoms with E-state index in [1.54, 1.807) is 0 Å². The minimum absolute atomic E-state index is 0.266. The van der Waals surface area contributed by atoms with Crippen LogP contribution in [-0.2, 0) is 4.79 Å². The maximum Gasteiger partial charge on any atom is 0.220 e. The van der Waals surface area contributed by atoms with Gasteiger partial charge in [-0.2, -0.15) is 0 Å². The highest BCUT2D eigenvalue weighted by Crippen LogP contribution is 2.32. The van der Waals surface area contributed by atoms with Crippen molar-refractivity contribution in [1.29, 1.82) is 0 Å². The highest BCUT2D eigenvalue weighted by atomic mass is 16.1. The fourth-order valence-corrected chi connectivity index (χ4v) is 2.18. The van der Waals surface area contributed by atoms with Gasteiger partial charge >= 0.3 is 0 Å². The third kappa shape index (κ3) is 4.20. The number of nitrogens with one attached hydrogen (secondary N) is 2. The van der Waals surface area contributed by atoms with Crippen LogP contribution in [0.2, 0.25) is 0 Å². The molecule has 0 radical (unpaired) electrons. The van der Waals surface area contributed by atoms with Crippen molar-refractivity contribution < 1.29 is 4.79 Å². The fourth-order valence-electron chi connectivity index (χ4n) is 2.18. The zero-order valence-electron chi connectivity index (χ0n) is 9.43. The second-order valence-corrected chi connectivity index (χ2v) is 5.02. The molecule has 1 amide bonds. The molecule has 15 heavy (non-hydrogen) atoms. The number of carbonyl (C=O) groups is 1. The molecular weight excluding hydrogens is 188 g/mol. The summed E-state index contributed by atoms with van der Waals surface area (Å²) in [5.41, 5.74) is 0. The first-order chi connectivity index (χ1) is 7.34. The monoisotopic (exact) mass is 210 g/mol. The van der Waals surface area contributed by atoms with Gasteiger partial charge in [-0.3, -0.25) is 4.79 Å². The summed E-state index contributed by atoms with van der Waals surface area (Å²) in [7, 11) is 0. The van der Waals surface area contributed by atoms with Gasteiger partial charge in [-0.25, -0.2) is 0 Å². The van der Waals surface area contributed by atoms with E-state index >= 15 is 0 Å². The van der Waals surface area contributed by atoms with Crippen molar-refractivity contribution >= 4 is 5.91 Å². The van der Waals surface area contributed by atoms with E-state index in [2.05, 4.69) is 10.6 Å². The van der Waals surface area contributed by atoms with Gasteiger partial charge in [0, 0.05) is 13.0 Å². The van der Waals surface area contributed by atoms with Gasteiger partial charge in [-0.05, 0) is 50.6 Å². The van der Waals surface area contributed by atoms with E-state index in [9.17, 15) is 4.79 Å². The van der Waals surface area contributed by atoms with E-state index in [1.807, 2.05) is 0 Å². The molecule has 0 aromatic heterocycles. The number of hydrogen-bond acceptors (Lipinski definition) is 2. The molecule has 0 bridgehead atoms. The molecule has 1 atom stereocenters. The van der Waals surface area contributed by atoms with Gasteiger partial charge in [0.05, 0.1) is 0 Å². The molecule has 2 aliphatic rings. The Morgan fingerprint density at radius 2 is 2.07 bits per heavy atom. The Morgan fingerprint density at radius 1 is 1.20 bits per heavy atom. The van der Waals surface area contributed by atoms with Gasteiger partial charge < -0.3 is 10.6 Å². The molecule has 1 aliphatic heterocycles. The van der Waals surface area contributed by atoms with Gasteiger partial charge in [0.15, 0.2) is 0 Å². The van der Waals surface area contributed by atoms with Gasteiger partial charge in [0.1, 0.15) is 0 Å². The lowest BCUT2D eigenvalue weighted by molar-refractivity contribution is -0.121. The molecule has 86 valence electrons. The minimum Gasteiger partial charge on any atom is -0.356 e. The first kappa shape index (κ1) is 10.9. The maximum absolute atomic E-state index is 11.5. The SMILES string of the molecule is O=C(CC1CC1)NCC1CCCCNC1. The van der Waals surface area contributed by atoms with Crippen molar-refractivity contribution in [3.8, 4) is 0 Å². The molecule has 1 heterocycles. The van der Waals surface area contributed by atoms with Crippen LogP contribution in [0.25, 0.3) is 0 Å². The van der Waals surface area contributed by atoms with Crippen molar-refractivity contribution in [1.82, 2.24) is 10.6 Å². The molecular formula is C12H22N2O. The third-order valence-corrected chi connectivity index (χ3v) is 3.41. The summed E-state index contributed by atoms with van der Waals surface area (Å²) in [5, 5.41) is 6.50. The summed E-state index contributed by atoms with van der Waals surface area (Å²) in [5.74, 6) is 1.62. The van der Waals surface area contributed by atoms with Crippen molar-refractivity contribution in [3.63, 3.8) is 0 Å². The van der Waals surface area contributed by atoms with Crippen LogP contribution in [0.5, 0.6) is 0 Å². The predicted molar refractivity (Wildman–Crippen MR) is 60.6 cm³/mol. The molecule has 1 saturated carbocycles. The lowest BCUT2D eigenvalue weighted by Gasteiger charge is -2.14. The summed E-state index contributed by atoms with van der Waals surface area (Å²) in [6.45, 7) is 3.09. The second kappa shape index (κ2) is 5.50. The molecule has 3 heteroatoms. The summed E-state index contributed by atoms with van der Waals surface area (Å²) in [6.07, 6.45) is 7.14. The standard InChI is InChI=1S/C12H22N2O/c15-12(7-10-4-5-10)14-9-11-3-1-2-6-13-8-11/h10-11,13H,1-9H2,(H,14,15). The van der Waals surface area contributed by atoms with Crippen LogP contribution < -0.4 is 10.6 Å². The lowest BCUT2D eigenvalue weighted by Crippen LogP contribution is -2.33. The summed E-state index contributed by atoms with van der Waals surface area (Å²) >= 11 is 0. The highest BCUT2D eigenvalue weighted by molar-refractivity contribution is 5.76. The van der Waals surface area contributed by atoms with Gasteiger partial charge in [-0.1, -0.05) is 6.42 Å². The van der Waals surface area contributed by atoms with E-state index in [0.29, 0.717) is 11.8 Å². The van der Waals surface area contributed by atoms with Crippen LogP contribution >= 0.6 is 0 Å². The third-order valence-electron chi connectivity index (χ3n) is 3.41. The molecule has 1 unspecified atom stereocenters. The van der Waals surface area contributed by atoms with Gasteiger partial charge in [0.2, 0.25) is 5.91 Å². The first-order valence-corrected chi connectivity index (χ1v) is 6.32. The molecule has 3 nitrogen and oxygen atoms in total.